The summed E-state index contributed by atoms with van der Waals surface area (Å²) in [5, 5.41) is 5.40. The fourth-order valence-corrected chi connectivity index (χ4v) is 3.76. The molecule has 0 spiro atoms. The third kappa shape index (κ3) is 1.63. The van der Waals surface area contributed by atoms with Crippen LogP contribution in [-0.2, 0) is 6.42 Å². The van der Waals surface area contributed by atoms with Gasteiger partial charge in [0.05, 0.1) is 27.2 Å². The number of carbonyl (C=O) groups is 1. The monoisotopic (exact) mass is 283 g/mol. The average Bonchev–Trinajstić information content (AvgIpc) is 3.00. The van der Waals surface area contributed by atoms with E-state index in [1.807, 2.05) is 29.8 Å². The van der Waals surface area contributed by atoms with E-state index in [9.17, 15) is 4.79 Å². The zero-order valence-corrected chi connectivity index (χ0v) is 11.9. The third-order valence-electron chi connectivity index (χ3n) is 3.72. The Kier molecular flexibility index (Phi) is 2.50. The summed E-state index contributed by atoms with van der Waals surface area (Å²) in [4.78, 5) is 16.7. The van der Waals surface area contributed by atoms with E-state index in [-0.39, 0.29) is 5.78 Å². The summed E-state index contributed by atoms with van der Waals surface area (Å²) in [7, 11) is 0. The molecule has 0 saturated carbocycles. The summed E-state index contributed by atoms with van der Waals surface area (Å²) < 4.78 is 3.01. The van der Waals surface area contributed by atoms with Crippen molar-refractivity contribution in [2.24, 2.45) is 0 Å². The van der Waals surface area contributed by atoms with Crippen LogP contribution in [-0.4, -0.2) is 20.5 Å². The van der Waals surface area contributed by atoms with Crippen LogP contribution in [0.25, 0.3) is 15.3 Å². The van der Waals surface area contributed by atoms with Crippen molar-refractivity contribution in [2.75, 3.05) is 0 Å². The largest absolute Gasteiger partial charge is 0.294 e. The van der Waals surface area contributed by atoms with Gasteiger partial charge in [-0.25, -0.2) is 9.67 Å². The van der Waals surface area contributed by atoms with E-state index in [0.717, 1.165) is 45.1 Å². The lowest BCUT2D eigenvalue weighted by Gasteiger charge is -2.11. The topological polar surface area (TPSA) is 47.8 Å². The van der Waals surface area contributed by atoms with Gasteiger partial charge in [0.15, 0.2) is 5.78 Å². The molecule has 20 heavy (non-hydrogen) atoms. The molecular formula is C15H13N3OS. The van der Waals surface area contributed by atoms with Crippen molar-refractivity contribution < 1.29 is 4.79 Å². The van der Waals surface area contributed by atoms with E-state index in [2.05, 4.69) is 16.1 Å². The van der Waals surface area contributed by atoms with Crippen molar-refractivity contribution in [1.82, 2.24) is 14.8 Å². The lowest BCUT2D eigenvalue weighted by atomic mass is 9.95. The van der Waals surface area contributed by atoms with E-state index in [1.165, 1.54) is 0 Å². The molecule has 0 radical (unpaired) electrons. The molecule has 0 saturated heterocycles. The predicted octanol–water partition coefficient (Wildman–Crippen LogP) is 3.31. The van der Waals surface area contributed by atoms with E-state index in [0.29, 0.717) is 6.42 Å². The van der Waals surface area contributed by atoms with Gasteiger partial charge in [-0.15, -0.1) is 0 Å². The van der Waals surface area contributed by atoms with Crippen molar-refractivity contribution >= 4 is 27.3 Å². The van der Waals surface area contributed by atoms with Crippen molar-refractivity contribution in [1.29, 1.82) is 0 Å². The molecule has 4 rings (SSSR count). The molecule has 2 aromatic heterocycles. The van der Waals surface area contributed by atoms with Crippen molar-refractivity contribution in [2.45, 2.75) is 26.2 Å². The number of ketones is 1. The first-order valence-corrected chi connectivity index (χ1v) is 7.53. The van der Waals surface area contributed by atoms with Crippen LogP contribution in [0.5, 0.6) is 0 Å². The highest BCUT2D eigenvalue weighted by Gasteiger charge is 2.26. The second-order valence-corrected chi connectivity index (χ2v) is 6.07. The molecule has 0 aliphatic heterocycles. The number of Topliss-reactive ketones (excluding diaryl/α,β-unsaturated/α-hetero) is 1. The van der Waals surface area contributed by atoms with Crippen LogP contribution < -0.4 is 0 Å². The molecule has 0 unspecified atom stereocenters. The maximum atomic E-state index is 12.1. The van der Waals surface area contributed by atoms with Crippen LogP contribution in [0.1, 0.15) is 34.6 Å². The van der Waals surface area contributed by atoms with Crippen LogP contribution in [0, 0.1) is 6.92 Å². The molecule has 0 bridgehead atoms. The lowest BCUT2D eigenvalue weighted by Crippen LogP contribution is -2.13. The Morgan fingerprint density at radius 1 is 1.25 bits per heavy atom. The van der Waals surface area contributed by atoms with Gasteiger partial charge in [-0.3, -0.25) is 4.79 Å². The van der Waals surface area contributed by atoms with E-state index < -0.39 is 0 Å². The van der Waals surface area contributed by atoms with E-state index in [4.69, 9.17) is 0 Å². The standard InChI is InChI=1S/C15H13N3OS/c1-9-14-11(6-4-7-12(14)19)18(17-9)15-16-10-5-2-3-8-13(10)20-15/h2-3,5,8H,4,6-7H2,1H3. The molecule has 2 heterocycles. The second kappa shape index (κ2) is 4.24. The molecule has 0 N–H and O–H groups in total. The SMILES string of the molecule is Cc1nn(-c2nc3ccccc3s2)c2c1C(=O)CCC2. The molecule has 1 aliphatic rings. The summed E-state index contributed by atoms with van der Waals surface area (Å²) >= 11 is 1.62. The van der Waals surface area contributed by atoms with Crippen molar-refractivity contribution in [3.8, 4) is 5.13 Å². The highest BCUT2D eigenvalue weighted by molar-refractivity contribution is 7.20. The smallest absolute Gasteiger partial charge is 0.211 e. The Bertz CT molecular complexity index is 798. The summed E-state index contributed by atoms with van der Waals surface area (Å²) in [5.41, 5.74) is 3.65. The average molecular weight is 283 g/mol. The Hall–Kier alpha value is -2.01. The second-order valence-electron chi connectivity index (χ2n) is 5.06. The maximum Gasteiger partial charge on any atom is 0.211 e. The Morgan fingerprint density at radius 2 is 2.10 bits per heavy atom. The number of benzene rings is 1. The van der Waals surface area contributed by atoms with Gasteiger partial charge in [-0.1, -0.05) is 23.5 Å². The lowest BCUT2D eigenvalue weighted by molar-refractivity contribution is 0.0971. The molecule has 0 atom stereocenters. The normalized spacial score (nSPS) is 14.8. The number of hydrogen-bond donors (Lipinski definition) is 0. The van der Waals surface area contributed by atoms with Crippen LogP contribution in [0.15, 0.2) is 24.3 Å². The molecule has 5 heteroatoms. The van der Waals surface area contributed by atoms with Crippen molar-refractivity contribution in [3.63, 3.8) is 0 Å². The summed E-state index contributed by atoms with van der Waals surface area (Å²) in [6.45, 7) is 1.91. The number of hydrogen-bond acceptors (Lipinski definition) is 4. The quantitative estimate of drug-likeness (QED) is 0.688. The van der Waals surface area contributed by atoms with Gasteiger partial charge in [0, 0.05) is 6.42 Å². The highest BCUT2D eigenvalue weighted by Crippen LogP contribution is 2.30. The molecule has 1 aromatic carbocycles. The van der Waals surface area contributed by atoms with Crippen LogP contribution in [0.2, 0.25) is 0 Å². The van der Waals surface area contributed by atoms with Gasteiger partial charge in [0.25, 0.3) is 0 Å². The molecule has 4 nitrogen and oxygen atoms in total. The van der Waals surface area contributed by atoms with Gasteiger partial charge in [-0.2, -0.15) is 5.10 Å². The molecule has 1 aliphatic carbocycles. The fraction of sp³-hybridized carbons (Fsp3) is 0.267. The Balaban J connectivity index is 1.94. The van der Waals surface area contributed by atoms with Crippen molar-refractivity contribution in [3.05, 3.63) is 41.2 Å². The number of aryl methyl sites for hydroxylation is 1. The minimum Gasteiger partial charge on any atom is -0.294 e. The number of rotatable bonds is 1. The summed E-state index contributed by atoms with van der Waals surface area (Å²) in [6, 6.07) is 8.06. The summed E-state index contributed by atoms with van der Waals surface area (Å²) in [6.07, 6.45) is 2.44. The number of fused-ring (bicyclic) bond motifs is 2. The Morgan fingerprint density at radius 3 is 2.95 bits per heavy atom. The predicted molar refractivity (Wildman–Crippen MR) is 78.7 cm³/mol. The molecular weight excluding hydrogens is 270 g/mol. The van der Waals surface area contributed by atoms with Gasteiger partial charge < -0.3 is 0 Å². The Labute approximate surface area is 120 Å². The minimum absolute atomic E-state index is 0.219. The van der Waals surface area contributed by atoms with E-state index >= 15 is 0 Å². The minimum atomic E-state index is 0.219. The zero-order valence-electron chi connectivity index (χ0n) is 11.1. The molecule has 3 aromatic rings. The zero-order chi connectivity index (χ0) is 13.7. The number of carbonyl (C=O) groups excluding carboxylic acids is 1. The van der Waals surface area contributed by atoms with E-state index in [1.54, 1.807) is 11.3 Å². The number of para-hydroxylation sites is 1. The van der Waals surface area contributed by atoms with Gasteiger partial charge in [-0.05, 0) is 31.9 Å². The first kappa shape index (κ1) is 11.8. The first-order valence-electron chi connectivity index (χ1n) is 6.71. The van der Waals surface area contributed by atoms with Crippen LogP contribution >= 0.6 is 11.3 Å². The molecule has 0 amide bonds. The first-order chi connectivity index (χ1) is 9.74. The highest BCUT2D eigenvalue weighted by atomic mass is 32.1. The van der Waals surface area contributed by atoms with Gasteiger partial charge in [0.1, 0.15) is 0 Å². The number of aromatic nitrogens is 3. The molecule has 100 valence electrons. The van der Waals surface area contributed by atoms with Crippen LogP contribution in [0.4, 0.5) is 0 Å². The van der Waals surface area contributed by atoms with Gasteiger partial charge in [0.2, 0.25) is 5.13 Å². The number of nitrogens with zero attached hydrogens (tertiary/aromatic N) is 3. The fourth-order valence-electron chi connectivity index (χ4n) is 2.82. The number of thiazole rings is 1. The van der Waals surface area contributed by atoms with Crippen LogP contribution in [0.3, 0.4) is 0 Å². The third-order valence-corrected chi connectivity index (χ3v) is 4.73. The molecule has 0 fully saturated rings. The van der Waals surface area contributed by atoms with Gasteiger partial charge >= 0.3 is 0 Å². The summed E-state index contributed by atoms with van der Waals surface area (Å²) in [5.74, 6) is 0.219. The maximum absolute atomic E-state index is 12.1.